The molecule has 0 saturated heterocycles. The third-order valence-electron chi connectivity index (χ3n) is 4.92. The Bertz CT molecular complexity index is 874. The number of hydrogen-bond acceptors (Lipinski definition) is 5. The first-order valence-electron chi connectivity index (χ1n) is 8.88. The second-order valence-electron chi connectivity index (χ2n) is 6.78. The zero-order valence-corrected chi connectivity index (χ0v) is 14.8. The zero-order chi connectivity index (χ0) is 18.1. The number of hydrogen-bond donors (Lipinski definition) is 0. The first-order chi connectivity index (χ1) is 12.6. The van der Waals surface area contributed by atoms with Gasteiger partial charge in [-0.25, -0.2) is 0 Å². The number of ether oxygens (including phenoxy) is 2. The van der Waals surface area contributed by atoms with E-state index in [1.54, 1.807) is 25.1 Å². The summed E-state index contributed by atoms with van der Waals surface area (Å²) < 4.78 is 11.0. The van der Waals surface area contributed by atoms with Gasteiger partial charge in [-0.05, 0) is 42.3 Å². The van der Waals surface area contributed by atoms with E-state index in [0.29, 0.717) is 43.2 Å². The van der Waals surface area contributed by atoms with Crippen LogP contribution in [0.3, 0.4) is 0 Å². The lowest BCUT2D eigenvalue weighted by molar-refractivity contribution is 0.0961. The van der Waals surface area contributed by atoms with Crippen LogP contribution in [0.25, 0.3) is 0 Å². The van der Waals surface area contributed by atoms with E-state index < -0.39 is 0 Å². The molecule has 134 valence electrons. The zero-order valence-electron chi connectivity index (χ0n) is 14.8. The van der Waals surface area contributed by atoms with E-state index in [-0.39, 0.29) is 11.6 Å². The Kier molecular flexibility index (Phi) is 4.47. The maximum atomic E-state index is 12.5. The van der Waals surface area contributed by atoms with Crippen molar-refractivity contribution in [2.45, 2.75) is 26.4 Å². The number of fused-ring (bicyclic) bond motifs is 2. The summed E-state index contributed by atoms with van der Waals surface area (Å²) >= 11 is 0. The molecule has 5 nitrogen and oxygen atoms in total. The highest BCUT2D eigenvalue weighted by Crippen LogP contribution is 2.31. The fourth-order valence-electron chi connectivity index (χ4n) is 3.46. The van der Waals surface area contributed by atoms with Gasteiger partial charge in [-0.15, -0.1) is 0 Å². The van der Waals surface area contributed by atoms with Crippen molar-refractivity contribution in [1.82, 2.24) is 4.90 Å². The third kappa shape index (κ3) is 3.35. The predicted octanol–water partition coefficient (Wildman–Crippen LogP) is 3.25. The molecule has 0 unspecified atom stereocenters. The highest BCUT2D eigenvalue weighted by molar-refractivity contribution is 5.97. The van der Waals surface area contributed by atoms with Gasteiger partial charge in [0.1, 0.15) is 13.2 Å². The molecule has 0 bridgehead atoms. The lowest BCUT2D eigenvalue weighted by Gasteiger charge is -2.19. The molecule has 26 heavy (non-hydrogen) atoms. The van der Waals surface area contributed by atoms with Gasteiger partial charge in [-0.1, -0.05) is 12.1 Å². The van der Waals surface area contributed by atoms with Gasteiger partial charge in [0, 0.05) is 37.2 Å². The summed E-state index contributed by atoms with van der Waals surface area (Å²) in [5, 5.41) is 0. The van der Waals surface area contributed by atoms with Crippen LogP contribution in [0, 0.1) is 0 Å². The van der Waals surface area contributed by atoms with Crippen LogP contribution in [0.15, 0.2) is 36.4 Å². The molecule has 0 amide bonds. The van der Waals surface area contributed by atoms with Gasteiger partial charge in [0.25, 0.3) is 0 Å². The molecule has 2 aliphatic rings. The fraction of sp³-hybridized carbons (Fsp3) is 0.333. The van der Waals surface area contributed by atoms with Crippen LogP contribution < -0.4 is 9.47 Å². The average Bonchev–Trinajstić information content (AvgIpc) is 3.07. The van der Waals surface area contributed by atoms with Crippen molar-refractivity contribution in [3.63, 3.8) is 0 Å². The van der Waals surface area contributed by atoms with Crippen molar-refractivity contribution >= 4 is 11.6 Å². The van der Waals surface area contributed by atoms with Crippen molar-refractivity contribution in [2.24, 2.45) is 0 Å². The Morgan fingerprint density at radius 2 is 1.65 bits per heavy atom. The minimum atomic E-state index is 0.0834. The van der Waals surface area contributed by atoms with Crippen molar-refractivity contribution in [2.75, 3.05) is 19.8 Å². The molecule has 0 radical (unpaired) electrons. The summed E-state index contributed by atoms with van der Waals surface area (Å²) in [6.45, 7) is 4.94. The monoisotopic (exact) mass is 351 g/mol. The average molecular weight is 351 g/mol. The molecular weight excluding hydrogens is 330 g/mol. The Morgan fingerprint density at radius 1 is 0.923 bits per heavy atom. The lowest BCUT2D eigenvalue weighted by Crippen LogP contribution is -2.20. The number of carbonyl (C=O) groups is 2. The van der Waals surface area contributed by atoms with Crippen LogP contribution in [0.5, 0.6) is 11.5 Å². The largest absolute Gasteiger partial charge is 0.486 e. The summed E-state index contributed by atoms with van der Waals surface area (Å²) in [5.74, 6) is 1.53. The first-order valence-corrected chi connectivity index (χ1v) is 8.88. The summed E-state index contributed by atoms with van der Waals surface area (Å²) in [5.41, 5.74) is 3.83. The van der Waals surface area contributed by atoms with Crippen LogP contribution in [0.4, 0.5) is 0 Å². The molecule has 0 aliphatic carbocycles. The van der Waals surface area contributed by atoms with Gasteiger partial charge in [0.2, 0.25) is 0 Å². The maximum absolute atomic E-state index is 12.5. The standard InChI is InChI=1S/C21H21NO4/c1-14(23)15-2-3-17-12-22(13-18(17)10-15)7-6-19(24)16-4-5-20-21(11-16)26-9-8-25-20/h2-5,10-11H,6-9,12-13H2,1H3. The van der Waals surface area contributed by atoms with Crippen molar-refractivity contribution < 1.29 is 19.1 Å². The highest BCUT2D eigenvalue weighted by atomic mass is 16.6. The van der Waals surface area contributed by atoms with Crippen LogP contribution in [0.2, 0.25) is 0 Å². The van der Waals surface area contributed by atoms with E-state index in [9.17, 15) is 9.59 Å². The molecule has 0 spiro atoms. The first kappa shape index (κ1) is 16.8. The fourth-order valence-corrected chi connectivity index (χ4v) is 3.46. The van der Waals surface area contributed by atoms with E-state index in [1.807, 2.05) is 18.2 Å². The molecule has 0 aromatic heterocycles. The second-order valence-corrected chi connectivity index (χ2v) is 6.78. The quantitative estimate of drug-likeness (QED) is 0.774. The van der Waals surface area contributed by atoms with Gasteiger partial charge < -0.3 is 9.47 Å². The molecule has 2 aromatic carbocycles. The maximum Gasteiger partial charge on any atom is 0.164 e. The topological polar surface area (TPSA) is 55.8 Å². The van der Waals surface area contributed by atoms with Gasteiger partial charge in [-0.2, -0.15) is 0 Å². The number of ketones is 2. The molecule has 0 atom stereocenters. The lowest BCUT2D eigenvalue weighted by atomic mass is 10.0. The van der Waals surface area contributed by atoms with E-state index in [4.69, 9.17) is 9.47 Å². The van der Waals surface area contributed by atoms with E-state index >= 15 is 0 Å². The molecule has 2 aliphatic heterocycles. The van der Waals surface area contributed by atoms with Crippen LogP contribution in [-0.2, 0) is 13.1 Å². The molecule has 4 rings (SSSR count). The predicted molar refractivity (Wildman–Crippen MR) is 96.9 cm³/mol. The normalized spacial score (nSPS) is 15.6. The molecule has 5 heteroatoms. The Balaban J connectivity index is 1.37. The molecule has 0 N–H and O–H groups in total. The number of Topliss-reactive ketones (excluding diaryl/α,β-unsaturated/α-hetero) is 2. The summed E-state index contributed by atoms with van der Waals surface area (Å²) in [7, 11) is 0. The van der Waals surface area contributed by atoms with Crippen LogP contribution >= 0.6 is 0 Å². The van der Waals surface area contributed by atoms with E-state index in [0.717, 1.165) is 18.7 Å². The molecule has 2 heterocycles. The van der Waals surface area contributed by atoms with Crippen LogP contribution in [-0.4, -0.2) is 36.2 Å². The third-order valence-corrected chi connectivity index (χ3v) is 4.92. The van der Waals surface area contributed by atoms with Gasteiger partial charge in [0.15, 0.2) is 23.1 Å². The van der Waals surface area contributed by atoms with Crippen molar-refractivity contribution in [3.8, 4) is 11.5 Å². The summed E-state index contributed by atoms with van der Waals surface area (Å²) in [6, 6.07) is 11.2. The molecule has 2 aromatic rings. The Morgan fingerprint density at radius 3 is 2.46 bits per heavy atom. The molecule has 0 fully saturated rings. The number of carbonyl (C=O) groups excluding carboxylic acids is 2. The molecule has 0 saturated carbocycles. The number of nitrogens with zero attached hydrogens (tertiary/aromatic N) is 1. The van der Waals surface area contributed by atoms with E-state index in [2.05, 4.69) is 4.90 Å². The SMILES string of the molecule is CC(=O)c1ccc2c(c1)CN(CCC(=O)c1ccc3c(c1)OCCO3)C2. The minimum Gasteiger partial charge on any atom is -0.486 e. The smallest absolute Gasteiger partial charge is 0.164 e. The van der Waals surface area contributed by atoms with Gasteiger partial charge in [-0.3, -0.25) is 14.5 Å². The molecular formula is C21H21NO4. The summed E-state index contributed by atoms with van der Waals surface area (Å²) in [6.07, 6.45) is 0.452. The number of benzene rings is 2. The summed E-state index contributed by atoms with van der Waals surface area (Å²) in [4.78, 5) is 26.3. The van der Waals surface area contributed by atoms with E-state index in [1.165, 1.54) is 11.1 Å². The van der Waals surface area contributed by atoms with Gasteiger partial charge >= 0.3 is 0 Å². The van der Waals surface area contributed by atoms with Crippen LogP contribution in [0.1, 0.15) is 45.2 Å². The Hall–Kier alpha value is -2.66. The Labute approximate surface area is 152 Å². The van der Waals surface area contributed by atoms with Crippen molar-refractivity contribution in [3.05, 3.63) is 58.7 Å². The second kappa shape index (κ2) is 6.92. The minimum absolute atomic E-state index is 0.0834. The van der Waals surface area contributed by atoms with Gasteiger partial charge in [0.05, 0.1) is 0 Å². The highest BCUT2D eigenvalue weighted by Gasteiger charge is 2.21. The van der Waals surface area contributed by atoms with Crippen molar-refractivity contribution in [1.29, 1.82) is 0 Å². The number of rotatable bonds is 5.